The summed E-state index contributed by atoms with van der Waals surface area (Å²) in [6, 6.07) is 10.4. The van der Waals surface area contributed by atoms with E-state index in [1.807, 2.05) is 33.8 Å². The van der Waals surface area contributed by atoms with E-state index in [9.17, 15) is 28.8 Å². The van der Waals surface area contributed by atoms with E-state index >= 15 is 0 Å². The van der Waals surface area contributed by atoms with Crippen LogP contribution in [0.5, 0.6) is 0 Å². The average molecular weight is 705 g/mol. The van der Waals surface area contributed by atoms with Gasteiger partial charge in [-0.05, 0) is 36.5 Å². The summed E-state index contributed by atoms with van der Waals surface area (Å²) < 4.78 is 0. The molecule has 0 saturated heterocycles. The van der Waals surface area contributed by atoms with Gasteiger partial charge in [0.2, 0.25) is 0 Å². The lowest BCUT2D eigenvalue weighted by molar-refractivity contribution is -0.139. The highest BCUT2D eigenvalue weighted by Gasteiger charge is 2.08. The molecule has 0 fully saturated rings. The summed E-state index contributed by atoms with van der Waals surface area (Å²) in [5, 5.41) is 32.9. The molecule has 1 rings (SSSR count). The molecular formula is C40H64O10. The van der Waals surface area contributed by atoms with Gasteiger partial charge >= 0.3 is 11.9 Å². The van der Waals surface area contributed by atoms with E-state index in [-0.39, 0.29) is 72.9 Å². The summed E-state index contributed by atoms with van der Waals surface area (Å²) >= 11 is 0. The van der Waals surface area contributed by atoms with Crippen LogP contribution in [0.25, 0.3) is 6.08 Å². The van der Waals surface area contributed by atoms with Crippen molar-refractivity contribution in [2.75, 3.05) is 13.2 Å². The molecular weight excluding hydrogens is 640 g/mol. The molecule has 0 heterocycles. The van der Waals surface area contributed by atoms with Gasteiger partial charge in [-0.25, -0.2) is 4.79 Å². The van der Waals surface area contributed by atoms with Gasteiger partial charge in [-0.3, -0.25) is 24.0 Å². The molecule has 0 spiro atoms. The predicted molar refractivity (Wildman–Crippen MR) is 201 cm³/mol. The second-order valence-electron chi connectivity index (χ2n) is 12.8. The van der Waals surface area contributed by atoms with Crippen LogP contribution in [-0.2, 0) is 28.8 Å². The Labute approximate surface area is 300 Å². The van der Waals surface area contributed by atoms with Crippen molar-refractivity contribution in [1.82, 2.24) is 0 Å². The van der Waals surface area contributed by atoms with Crippen LogP contribution in [0, 0.1) is 29.6 Å². The van der Waals surface area contributed by atoms with Crippen molar-refractivity contribution in [3.05, 3.63) is 66.3 Å². The zero-order valence-corrected chi connectivity index (χ0v) is 31.9. The van der Waals surface area contributed by atoms with Crippen molar-refractivity contribution in [3.63, 3.8) is 0 Å². The van der Waals surface area contributed by atoms with Crippen molar-refractivity contribution in [1.29, 1.82) is 0 Å². The van der Waals surface area contributed by atoms with Gasteiger partial charge in [0, 0.05) is 49.2 Å². The third-order valence-corrected chi connectivity index (χ3v) is 6.09. The van der Waals surface area contributed by atoms with Gasteiger partial charge in [0.05, 0.1) is 13.0 Å². The number of carbonyl (C=O) groups excluding carboxylic acids is 4. The number of hydrogen-bond donors (Lipinski definition) is 4. The minimum absolute atomic E-state index is 0.0161. The Morgan fingerprint density at radius 3 is 1.46 bits per heavy atom. The first kappa shape index (κ1) is 52.8. The van der Waals surface area contributed by atoms with Crippen LogP contribution in [0.1, 0.15) is 107 Å². The monoisotopic (exact) mass is 704 g/mol. The van der Waals surface area contributed by atoms with Crippen molar-refractivity contribution in [3.8, 4) is 0 Å². The molecule has 10 nitrogen and oxygen atoms in total. The van der Waals surface area contributed by atoms with E-state index < -0.39 is 11.9 Å². The SMILES string of the molecule is CC(C)C(=O)/C=C/C(=O)O.CC(C)C(=O)/C=C/CO.CC(C)C(=O)CCC(=O)O.CC(C)C(=O)CCCO.CC(C)C/C=C/c1ccccc1. The summed E-state index contributed by atoms with van der Waals surface area (Å²) in [5.41, 5.74) is 1.29. The summed E-state index contributed by atoms with van der Waals surface area (Å²) in [5.74, 6) is -1.11. The smallest absolute Gasteiger partial charge is 0.328 e. The summed E-state index contributed by atoms with van der Waals surface area (Å²) in [4.78, 5) is 62.8. The van der Waals surface area contributed by atoms with Gasteiger partial charge in [-0.2, -0.15) is 0 Å². The molecule has 10 heteroatoms. The largest absolute Gasteiger partial charge is 0.481 e. The molecule has 0 radical (unpaired) electrons. The lowest BCUT2D eigenvalue weighted by atomic mass is 10.1. The standard InChI is InChI=1S/C12H16.C7H12O3.C7H10O3.C7H14O2.C7H12O2/c1-11(2)7-6-10-12-8-4-3-5-9-12;2*1-5(2)6(8)3-4-7(9)10;2*1-6(2)7(9)4-3-5-8/h3-6,8-11H,7H2,1-2H3;5H,3-4H2,1-2H3,(H,9,10);3-5H,1-2H3,(H,9,10);6,8H,3-5H2,1-2H3;3-4,6,8H,5H2,1-2H3/b10-6+;;4-3+;;4-3+. The second kappa shape index (κ2) is 34.8. The van der Waals surface area contributed by atoms with Gasteiger partial charge in [0.15, 0.2) is 11.6 Å². The zero-order chi connectivity index (χ0) is 39.7. The molecule has 0 aliphatic carbocycles. The molecule has 0 saturated carbocycles. The highest BCUT2D eigenvalue weighted by molar-refractivity contribution is 5.96. The summed E-state index contributed by atoms with van der Waals surface area (Å²) in [6.45, 7) is 18.9. The Balaban J connectivity index is -0.000000266. The molecule has 50 heavy (non-hydrogen) atoms. The molecule has 0 aromatic heterocycles. The maximum atomic E-state index is 10.8. The molecule has 0 aliphatic rings. The highest BCUT2D eigenvalue weighted by atomic mass is 16.4. The van der Waals surface area contributed by atoms with Crippen LogP contribution >= 0.6 is 0 Å². The van der Waals surface area contributed by atoms with E-state index in [1.165, 1.54) is 17.7 Å². The van der Waals surface area contributed by atoms with Gasteiger partial charge in [0.1, 0.15) is 11.6 Å². The first-order valence-corrected chi connectivity index (χ1v) is 17.1. The van der Waals surface area contributed by atoms with Crippen LogP contribution in [0.4, 0.5) is 0 Å². The lowest BCUT2D eigenvalue weighted by Gasteiger charge is -2.00. The van der Waals surface area contributed by atoms with E-state index in [0.717, 1.165) is 24.5 Å². The van der Waals surface area contributed by atoms with Crippen molar-refractivity contribution in [2.24, 2.45) is 29.6 Å². The van der Waals surface area contributed by atoms with Crippen LogP contribution in [0.2, 0.25) is 0 Å². The fourth-order valence-corrected chi connectivity index (χ4v) is 2.81. The van der Waals surface area contributed by atoms with Crippen molar-refractivity contribution >= 4 is 41.1 Å². The van der Waals surface area contributed by atoms with Crippen LogP contribution in [-0.4, -0.2) is 68.7 Å². The Hall–Kier alpha value is -4.02. The Morgan fingerprint density at radius 2 is 1.08 bits per heavy atom. The molecule has 0 atom stereocenters. The van der Waals surface area contributed by atoms with Crippen LogP contribution in [0.3, 0.4) is 0 Å². The third kappa shape index (κ3) is 42.0. The van der Waals surface area contributed by atoms with E-state index in [2.05, 4.69) is 50.3 Å². The van der Waals surface area contributed by atoms with Gasteiger partial charge in [-0.15, -0.1) is 0 Å². The number of rotatable bonds is 17. The predicted octanol–water partition coefficient (Wildman–Crippen LogP) is 7.42. The van der Waals surface area contributed by atoms with E-state index in [0.29, 0.717) is 12.8 Å². The topological polar surface area (TPSA) is 183 Å². The fourth-order valence-electron chi connectivity index (χ4n) is 2.81. The maximum absolute atomic E-state index is 10.8. The normalized spacial score (nSPS) is 10.7. The minimum Gasteiger partial charge on any atom is -0.481 e. The van der Waals surface area contributed by atoms with Gasteiger partial charge < -0.3 is 20.4 Å². The molecule has 284 valence electrons. The average Bonchev–Trinajstić information content (AvgIpc) is 3.04. The number of benzene rings is 1. The lowest BCUT2D eigenvalue weighted by Crippen LogP contribution is -2.08. The number of aliphatic carboxylic acids is 2. The second-order valence-corrected chi connectivity index (χ2v) is 12.8. The minimum atomic E-state index is -1.09. The number of hydrogen-bond acceptors (Lipinski definition) is 8. The van der Waals surface area contributed by atoms with E-state index in [4.69, 9.17) is 20.4 Å². The maximum Gasteiger partial charge on any atom is 0.328 e. The molecule has 1 aromatic carbocycles. The zero-order valence-electron chi connectivity index (χ0n) is 31.9. The highest BCUT2D eigenvalue weighted by Crippen LogP contribution is 2.06. The molecule has 1 aromatic rings. The van der Waals surface area contributed by atoms with Crippen LogP contribution in [0.15, 0.2) is 60.7 Å². The number of carbonyl (C=O) groups is 6. The van der Waals surface area contributed by atoms with Crippen LogP contribution < -0.4 is 0 Å². The summed E-state index contributed by atoms with van der Waals surface area (Å²) in [6.07, 6.45) is 11.6. The van der Waals surface area contributed by atoms with Crippen molar-refractivity contribution < 1.29 is 49.2 Å². The number of allylic oxidation sites excluding steroid dienone is 3. The first-order valence-electron chi connectivity index (χ1n) is 17.1. The van der Waals surface area contributed by atoms with E-state index in [1.54, 1.807) is 27.7 Å². The Morgan fingerprint density at radius 1 is 0.600 bits per heavy atom. The molecule has 0 unspecified atom stereocenters. The van der Waals surface area contributed by atoms with Gasteiger partial charge in [0.25, 0.3) is 0 Å². The number of aliphatic hydroxyl groups excluding tert-OH is 2. The third-order valence-electron chi connectivity index (χ3n) is 6.09. The van der Waals surface area contributed by atoms with Crippen molar-refractivity contribution in [2.45, 2.75) is 101 Å². The molecule has 0 amide bonds. The molecule has 0 bridgehead atoms. The number of carboxylic acids is 2. The number of ketones is 4. The Kier molecular flexibility index (Phi) is 36.8. The number of aliphatic hydroxyl groups is 2. The Bertz CT molecular complexity index is 1160. The number of carboxylic acid groups (broad SMARTS) is 2. The molecule has 4 N–H and O–H groups in total. The number of Topliss-reactive ketones (excluding diaryl/α,β-unsaturated/α-hetero) is 2. The fraction of sp³-hybridized carbons (Fsp3) is 0.550. The summed E-state index contributed by atoms with van der Waals surface area (Å²) in [7, 11) is 0. The van der Waals surface area contributed by atoms with Gasteiger partial charge in [-0.1, -0.05) is 118 Å². The molecule has 0 aliphatic heterocycles. The first-order chi connectivity index (χ1) is 23.2. The quantitative estimate of drug-likeness (QED) is 0.119.